The molecule has 0 aliphatic carbocycles. The molecular weight excluding hydrogens is 136 g/mol. The third-order valence-corrected chi connectivity index (χ3v) is 2.24. The van der Waals surface area contributed by atoms with Crippen LogP contribution in [0.2, 0.25) is 0 Å². The highest BCUT2D eigenvalue weighted by atomic mass is 15.2. The second kappa shape index (κ2) is 5.56. The van der Waals surface area contributed by atoms with Crippen LogP contribution in [0.25, 0.3) is 0 Å². The Morgan fingerprint density at radius 1 is 0.818 bits per heavy atom. The van der Waals surface area contributed by atoms with Gasteiger partial charge in [0.25, 0.3) is 0 Å². The molecule has 0 saturated heterocycles. The Kier molecular flexibility index (Phi) is 5.51. The quantitative estimate of drug-likeness (QED) is 0.575. The van der Waals surface area contributed by atoms with E-state index in [1.165, 1.54) is 0 Å². The first-order valence-corrected chi connectivity index (χ1v) is 4.74. The Morgan fingerprint density at radius 2 is 1.18 bits per heavy atom. The molecule has 68 valence electrons. The normalized spacial score (nSPS) is 12.0. The Hall–Kier alpha value is -0.0800. The summed E-state index contributed by atoms with van der Waals surface area (Å²) in [5.74, 6) is 0. The van der Waals surface area contributed by atoms with Crippen molar-refractivity contribution in [1.29, 1.82) is 0 Å². The second-order valence-corrected chi connectivity index (χ2v) is 2.85. The van der Waals surface area contributed by atoms with Crippen molar-refractivity contribution in [3.63, 3.8) is 0 Å². The van der Waals surface area contributed by atoms with Crippen molar-refractivity contribution in [1.82, 2.24) is 10.6 Å². The molecule has 0 aliphatic heterocycles. The maximum atomic E-state index is 3.49. The van der Waals surface area contributed by atoms with E-state index in [1.807, 2.05) is 0 Å². The molecule has 0 aromatic rings. The van der Waals surface area contributed by atoms with E-state index >= 15 is 0 Å². The van der Waals surface area contributed by atoms with E-state index in [4.69, 9.17) is 0 Å². The van der Waals surface area contributed by atoms with Crippen molar-refractivity contribution in [2.75, 3.05) is 13.1 Å². The van der Waals surface area contributed by atoms with Crippen LogP contribution < -0.4 is 10.6 Å². The van der Waals surface area contributed by atoms with Crippen LogP contribution in [0.5, 0.6) is 0 Å². The van der Waals surface area contributed by atoms with Gasteiger partial charge in [0.2, 0.25) is 0 Å². The van der Waals surface area contributed by atoms with Gasteiger partial charge in [-0.05, 0) is 25.9 Å². The highest BCUT2D eigenvalue weighted by Crippen LogP contribution is 2.09. The lowest BCUT2D eigenvalue weighted by molar-refractivity contribution is 0.246. The van der Waals surface area contributed by atoms with Gasteiger partial charge >= 0.3 is 0 Å². The monoisotopic (exact) mass is 158 g/mol. The molecule has 11 heavy (non-hydrogen) atoms. The smallest absolute Gasteiger partial charge is 0.0681 e. The maximum absolute atomic E-state index is 3.49. The minimum absolute atomic E-state index is 0.184. The third kappa shape index (κ3) is 3.21. The van der Waals surface area contributed by atoms with Gasteiger partial charge in [-0.2, -0.15) is 0 Å². The fraction of sp³-hybridized carbons (Fsp3) is 1.00. The Bertz CT molecular complexity index is 79.6. The molecule has 0 aromatic heterocycles. The zero-order valence-electron chi connectivity index (χ0n) is 8.33. The molecule has 0 aliphatic rings. The molecule has 0 fully saturated rings. The molecule has 0 atom stereocenters. The summed E-state index contributed by atoms with van der Waals surface area (Å²) in [4.78, 5) is 0. The molecule has 0 amide bonds. The van der Waals surface area contributed by atoms with Crippen LogP contribution in [0, 0.1) is 0 Å². The number of hydrogen-bond acceptors (Lipinski definition) is 2. The first-order valence-electron chi connectivity index (χ1n) is 4.74. The molecule has 0 saturated carbocycles. The van der Waals surface area contributed by atoms with Gasteiger partial charge in [-0.3, -0.25) is 10.6 Å². The molecule has 0 radical (unpaired) electrons. The topological polar surface area (TPSA) is 24.1 Å². The minimum atomic E-state index is 0.184. The Morgan fingerprint density at radius 3 is 1.36 bits per heavy atom. The summed E-state index contributed by atoms with van der Waals surface area (Å²) < 4.78 is 0. The van der Waals surface area contributed by atoms with Crippen LogP contribution in [-0.4, -0.2) is 18.8 Å². The predicted octanol–water partition coefficient (Wildman–Crippen LogP) is 1.72. The summed E-state index contributed by atoms with van der Waals surface area (Å²) in [5.41, 5.74) is 0.184. The van der Waals surface area contributed by atoms with Crippen LogP contribution in [0.1, 0.15) is 40.5 Å². The van der Waals surface area contributed by atoms with Crippen molar-refractivity contribution in [3.05, 3.63) is 0 Å². The SMILES string of the molecule is CCNC(CC)(CC)NCC. The summed E-state index contributed by atoms with van der Waals surface area (Å²) in [6.45, 7) is 10.8. The molecule has 2 N–H and O–H groups in total. The van der Waals surface area contributed by atoms with Crippen LogP contribution >= 0.6 is 0 Å². The van der Waals surface area contributed by atoms with Crippen molar-refractivity contribution in [2.45, 2.75) is 46.2 Å². The Balaban J connectivity index is 3.96. The van der Waals surface area contributed by atoms with E-state index in [9.17, 15) is 0 Å². The van der Waals surface area contributed by atoms with Gasteiger partial charge in [0, 0.05) is 0 Å². The number of nitrogens with one attached hydrogen (secondary N) is 2. The molecule has 0 spiro atoms. The van der Waals surface area contributed by atoms with Gasteiger partial charge in [-0.15, -0.1) is 0 Å². The van der Waals surface area contributed by atoms with E-state index in [2.05, 4.69) is 38.3 Å². The highest BCUT2D eigenvalue weighted by molar-refractivity contribution is 4.81. The molecule has 2 nitrogen and oxygen atoms in total. The average Bonchev–Trinajstić information content (AvgIpc) is 2.04. The molecule has 0 bridgehead atoms. The molecule has 0 heterocycles. The summed E-state index contributed by atoms with van der Waals surface area (Å²) >= 11 is 0. The summed E-state index contributed by atoms with van der Waals surface area (Å²) in [6.07, 6.45) is 2.29. The third-order valence-electron chi connectivity index (χ3n) is 2.24. The molecule has 0 aromatic carbocycles. The van der Waals surface area contributed by atoms with Crippen molar-refractivity contribution < 1.29 is 0 Å². The number of rotatable bonds is 6. The second-order valence-electron chi connectivity index (χ2n) is 2.85. The summed E-state index contributed by atoms with van der Waals surface area (Å²) in [7, 11) is 0. The molecule has 0 unspecified atom stereocenters. The zero-order chi connectivity index (χ0) is 8.74. The molecular formula is C9H22N2. The van der Waals surface area contributed by atoms with Crippen molar-refractivity contribution >= 4 is 0 Å². The highest BCUT2D eigenvalue weighted by Gasteiger charge is 2.22. The first-order chi connectivity index (χ1) is 5.24. The fourth-order valence-electron chi connectivity index (χ4n) is 1.49. The van der Waals surface area contributed by atoms with Crippen LogP contribution in [-0.2, 0) is 0 Å². The predicted molar refractivity (Wildman–Crippen MR) is 50.7 cm³/mol. The van der Waals surface area contributed by atoms with E-state index in [-0.39, 0.29) is 5.66 Å². The lowest BCUT2D eigenvalue weighted by Crippen LogP contribution is -2.55. The van der Waals surface area contributed by atoms with Gasteiger partial charge in [0.1, 0.15) is 0 Å². The minimum Gasteiger partial charge on any atom is -0.300 e. The fourth-order valence-corrected chi connectivity index (χ4v) is 1.49. The summed E-state index contributed by atoms with van der Waals surface area (Å²) in [5, 5.41) is 6.97. The van der Waals surface area contributed by atoms with Crippen LogP contribution in [0.15, 0.2) is 0 Å². The van der Waals surface area contributed by atoms with Gasteiger partial charge in [-0.1, -0.05) is 27.7 Å². The van der Waals surface area contributed by atoms with Crippen LogP contribution in [0.3, 0.4) is 0 Å². The number of hydrogen-bond donors (Lipinski definition) is 2. The van der Waals surface area contributed by atoms with Crippen molar-refractivity contribution in [2.24, 2.45) is 0 Å². The molecule has 2 heteroatoms. The largest absolute Gasteiger partial charge is 0.300 e. The van der Waals surface area contributed by atoms with Crippen molar-refractivity contribution in [3.8, 4) is 0 Å². The van der Waals surface area contributed by atoms with Gasteiger partial charge in [-0.25, -0.2) is 0 Å². The zero-order valence-corrected chi connectivity index (χ0v) is 8.33. The average molecular weight is 158 g/mol. The van der Waals surface area contributed by atoms with E-state index in [1.54, 1.807) is 0 Å². The van der Waals surface area contributed by atoms with Crippen LogP contribution in [0.4, 0.5) is 0 Å². The summed E-state index contributed by atoms with van der Waals surface area (Å²) in [6, 6.07) is 0. The molecule has 0 rings (SSSR count). The van der Waals surface area contributed by atoms with E-state index < -0.39 is 0 Å². The van der Waals surface area contributed by atoms with Gasteiger partial charge < -0.3 is 0 Å². The van der Waals surface area contributed by atoms with Gasteiger partial charge in [0.15, 0.2) is 0 Å². The maximum Gasteiger partial charge on any atom is 0.0681 e. The van der Waals surface area contributed by atoms with E-state index in [0.29, 0.717) is 0 Å². The Labute approximate surface area is 70.8 Å². The lowest BCUT2D eigenvalue weighted by Gasteiger charge is -2.33. The first kappa shape index (κ1) is 10.9. The standard InChI is InChI=1S/C9H22N2/c1-5-9(6-2,10-7-3)11-8-4/h10-11H,5-8H2,1-4H3. The van der Waals surface area contributed by atoms with Gasteiger partial charge in [0.05, 0.1) is 5.66 Å². The van der Waals surface area contributed by atoms with E-state index in [0.717, 1.165) is 25.9 Å². The lowest BCUT2D eigenvalue weighted by atomic mass is 10.0.